The Hall–Kier alpha value is -1.27. The molecule has 0 saturated heterocycles. The summed E-state index contributed by atoms with van der Waals surface area (Å²) >= 11 is 8.74. The van der Waals surface area contributed by atoms with E-state index in [2.05, 4.69) is 31.2 Å². The number of rotatable bonds is 2. The molecule has 0 saturated carbocycles. The van der Waals surface area contributed by atoms with Crippen molar-refractivity contribution in [3.05, 3.63) is 45.3 Å². The molecular weight excluding hydrogens is 327 g/mol. The van der Waals surface area contributed by atoms with Crippen LogP contribution in [0.1, 0.15) is 5.82 Å². The summed E-state index contributed by atoms with van der Waals surface area (Å²) in [5.74, 6) is -0.602. The van der Waals surface area contributed by atoms with Crippen molar-refractivity contribution in [2.45, 2.75) is 6.92 Å². The fraction of sp³-hybridized carbons (Fsp3) is 0.0909. The van der Waals surface area contributed by atoms with Gasteiger partial charge in [-0.2, -0.15) is 0 Å². The third kappa shape index (κ3) is 2.94. The van der Waals surface area contributed by atoms with Gasteiger partial charge in [-0.3, -0.25) is 0 Å². The summed E-state index contributed by atoms with van der Waals surface area (Å²) in [6.07, 6.45) is 0. The number of benzene rings is 1. The first-order chi connectivity index (χ1) is 8.45. The van der Waals surface area contributed by atoms with Gasteiger partial charge in [-0.1, -0.05) is 11.6 Å². The summed E-state index contributed by atoms with van der Waals surface area (Å²) in [7, 11) is 0. The van der Waals surface area contributed by atoms with Crippen LogP contribution in [-0.2, 0) is 0 Å². The number of halogens is 4. The molecule has 0 spiro atoms. The molecule has 0 aliphatic rings. The predicted octanol–water partition coefficient (Wildman–Crippen LogP) is 4.22. The highest BCUT2D eigenvalue weighted by molar-refractivity contribution is 9.10. The average molecular weight is 335 g/mol. The maximum absolute atomic E-state index is 13.5. The van der Waals surface area contributed by atoms with Gasteiger partial charge in [-0.25, -0.2) is 18.7 Å². The van der Waals surface area contributed by atoms with Gasteiger partial charge in [0.1, 0.15) is 28.4 Å². The van der Waals surface area contributed by atoms with Gasteiger partial charge in [0.25, 0.3) is 0 Å². The minimum absolute atomic E-state index is 0.0949. The fourth-order valence-electron chi connectivity index (χ4n) is 1.35. The van der Waals surface area contributed by atoms with E-state index in [9.17, 15) is 8.78 Å². The predicted molar refractivity (Wildman–Crippen MR) is 69.1 cm³/mol. The highest BCUT2D eigenvalue weighted by atomic mass is 79.9. The Balaban J connectivity index is 2.36. The maximum Gasteiger partial charge on any atom is 0.149 e. The van der Waals surface area contributed by atoms with Gasteiger partial charge in [0.2, 0.25) is 0 Å². The van der Waals surface area contributed by atoms with Crippen molar-refractivity contribution in [3.8, 4) is 0 Å². The highest BCUT2D eigenvalue weighted by Crippen LogP contribution is 2.26. The van der Waals surface area contributed by atoms with Crippen LogP contribution in [0.25, 0.3) is 0 Å². The van der Waals surface area contributed by atoms with Gasteiger partial charge in [0.05, 0.1) is 10.2 Å². The first-order valence-electron chi connectivity index (χ1n) is 4.88. The van der Waals surface area contributed by atoms with Crippen LogP contribution in [0.3, 0.4) is 0 Å². The third-order valence-corrected chi connectivity index (χ3v) is 2.88. The molecule has 2 rings (SSSR count). The molecule has 3 nitrogen and oxygen atoms in total. The quantitative estimate of drug-likeness (QED) is 0.660. The molecule has 0 atom stereocenters. The van der Waals surface area contributed by atoms with Gasteiger partial charge in [-0.05, 0) is 28.9 Å². The zero-order chi connectivity index (χ0) is 13.3. The topological polar surface area (TPSA) is 37.8 Å². The molecule has 0 aliphatic carbocycles. The largest absolute Gasteiger partial charge is 0.338 e. The monoisotopic (exact) mass is 333 g/mol. The van der Waals surface area contributed by atoms with E-state index in [1.54, 1.807) is 6.92 Å². The van der Waals surface area contributed by atoms with Crippen molar-refractivity contribution in [3.63, 3.8) is 0 Å². The molecular formula is C11H7BrClF2N3. The van der Waals surface area contributed by atoms with Crippen molar-refractivity contribution in [1.82, 2.24) is 9.97 Å². The second-order valence-corrected chi connectivity index (χ2v) is 4.74. The minimum Gasteiger partial charge on any atom is -0.338 e. The SMILES string of the molecule is Cc1nc(Cl)cc(Nc2cc(Br)c(F)cc2F)n1. The lowest BCUT2D eigenvalue weighted by atomic mass is 10.3. The Morgan fingerprint density at radius 1 is 1.17 bits per heavy atom. The molecule has 1 heterocycles. The standard InChI is InChI=1S/C11H7BrClF2N3/c1-5-16-10(13)4-11(17-5)18-9-2-6(12)7(14)3-8(9)15/h2-4H,1H3,(H,16,17,18). The second-order valence-electron chi connectivity index (χ2n) is 3.49. The number of hydrogen-bond acceptors (Lipinski definition) is 3. The molecule has 0 amide bonds. The molecule has 2 aromatic rings. The summed E-state index contributed by atoms with van der Waals surface area (Å²) < 4.78 is 26.7. The number of anilines is 2. The molecule has 0 fully saturated rings. The zero-order valence-electron chi connectivity index (χ0n) is 9.14. The summed E-state index contributed by atoms with van der Waals surface area (Å²) in [5.41, 5.74) is 0.0949. The van der Waals surface area contributed by atoms with Crippen LogP contribution in [0.4, 0.5) is 20.3 Å². The van der Waals surface area contributed by atoms with Gasteiger partial charge in [0, 0.05) is 12.1 Å². The van der Waals surface area contributed by atoms with Crippen LogP contribution >= 0.6 is 27.5 Å². The number of nitrogens with one attached hydrogen (secondary N) is 1. The Morgan fingerprint density at radius 2 is 1.89 bits per heavy atom. The van der Waals surface area contributed by atoms with Crippen LogP contribution in [0.15, 0.2) is 22.7 Å². The summed E-state index contributed by atoms with van der Waals surface area (Å²) in [6.45, 7) is 1.66. The lowest BCUT2D eigenvalue weighted by Crippen LogP contribution is -2.00. The Morgan fingerprint density at radius 3 is 2.56 bits per heavy atom. The third-order valence-electron chi connectivity index (χ3n) is 2.08. The normalized spacial score (nSPS) is 10.5. The number of aromatic nitrogens is 2. The summed E-state index contributed by atoms with van der Waals surface area (Å²) in [6, 6.07) is 3.52. The number of aryl methyl sites for hydroxylation is 1. The van der Waals surface area contributed by atoms with E-state index in [0.717, 1.165) is 6.07 Å². The molecule has 1 aromatic carbocycles. The molecule has 0 radical (unpaired) electrons. The molecule has 0 bridgehead atoms. The first kappa shape index (κ1) is 13.2. The summed E-state index contributed by atoms with van der Waals surface area (Å²) in [5, 5.41) is 2.96. The molecule has 0 aliphatic heterocycles. The molecule has 1 aromatic heterocycles. The van der Waals surface area contributed by atoms with E-state index in [1.807, 2.05) is 0 Å². The van der Waals surface area contributed by atoms with E-state index >= 15 is 0 Å². The van der Waals surface area contributed by atoms with Gasteiger partial charge >= 0.3 is 0 Å². The van der Waals surface area contributed by atoms with Gasteiger partial charge in [-0.15, -0.1) is 0 Å². The molecule has 0 unspecified atom stereocenters. The van der Waals surface area contributed by atoms with Crippen LogP contribution in [0.2, 0.25) is 5.15 Å². The molecule has 18 heavy (non-hydrogen) atoms. The lowest BCUT2D eigenvalue weighted by molar-refractivity contribution is 0.581. The highest BCUT2D eigenvalue weighted by Gasteiger charge is 2.09. The van der Waals surface area contributed by atoms with Crippen molar-refractivity contribution in [2.24, 2.45) is 0 Å². The zero-order valence-corrected chi connectivity index (χ0v) is 11.5. The van der Waals surface area contributed by atoms with E-state index in [1.165, 1.54) is 12.1 Å². The van der Waals surface area contributed by atoms with Gasteiger partial charge in [0.15, 0.2) is 0 Å². The summed E-state index contributed by atoms with van der Waals surface area (Å²) in [4.78, 5) is 7.92. The van der Waals surface area contributed by atoms with E-state index < -0.39 is 11.6 Å². The van der Waals surface area contributed by atoms with Crippen LogP contribution in [0.5, 0.6) is 0 Å². The molecule has 94 valence electrons. The van der Waals surface area contributed by atoms with E-state index in [4.69, 9.17) is 11.6 Å². The first-order valence-corrected chi connectivity index (χ1v) is 6.05. The van der Waals surface area contributed by atoms with E-state index in [0.29, 0.717) is 11.6 Å². The van der Waals surface area contributed by atoms with Crippen molar-refractivity contribution < 1.29 is 8.78 Å². The number of nitrogens with zero attached hydrogens (tertiary/aromatic N) is 2. The smallest absolute Gasteiger partial charge is 0.149 e. The van der Waals surface area contributed by atoms with Crippen molar-refractivity contribution >= 4 is 39.0 Å². The second kappa shape index (κ2) is 5.16. The van der Waals surface area contributed by atoms with Crippen LogP contribution in [0, 0.1) is 18.6 Å². The average Bonchev–Trinajstić information content (AvgIpc) is 2.24. The van der Waals surface area contributed by atoms with E-state index in [-0.39, 0.29) is 15.3 Å². The van der Waals surface area contributed by atoms with Crippen LogP contribution < -0.4 is 5.32 Å². The Bertz CT molecular complexity index is 587. The molecule has 7 heteroatoms. The maximum atomic E-state index is 13.5. The van der Waals surface area contributed by atoms with Crippen molar-refractivity contribution in [1.29, 1.82) is 0 Å². The lowest BCUT2D eigenvalue weighted by Gasteiger charge is -2.08. The number of hydrogen-bond donors (Lipinski definition) is 1. The fourth-order valence-corrected chi connectivity index (χ4v) is 1.92. The Kier molecular flexibility index (Phi) is 3.77. The van der Waals surface area contributed by atoms with Gasteiger partial charge < -0.3 is 5.32 Å². The Labute approximate surface area is 115 Å². The minimum atomic E-state index is -0.719. The van der Waals surface area contributed by atoms with Crippen molar-refractivity contribution in [2.75, 3.05) is 5.32 Å². The van der Waals surface area contributed by atoms with Crippen LogP contribution in [-0.4, -0.2) is 9.97 Å². The molecule has 1 N–H and O–H groups in total.